The number of aliphatic hydroxyl groups is 1. The summed E-state index contributed by atoms with van der Waals surface area (Å²) in [6.07, 6.45) is 5.61. The molecule has 5 heteroatoms. The van der Waals surface area contributed by atoms with Gasteiger partial charge in [-0.3, -0.25) is 4.79 Å². The van der Waals surface area contributed by atoms with Crippen LogP contribution >= 0.6 is 0 Å². The Hall–Kier alpha value is -2.01. The summed E-state index contributed by atoms with van der Waals surface area (Å²) in [4.78, 5) is 11.5. The molecular weight excluding hydrogens is 222 g/mol. The molecule has 0 spiro atoms. The normalized spacial score (nSPS) is 12.3. The van der Waals surface area contributed by atoms with Gasteiger partial charge < -0.3 is 19.3 Å². The predicted octanol–water partition coefficient (Wildman–Crippen LogP) is 1.73. The van der Waals surface area contributed by atoms with Crippen molar-refractivity contribution in [1.29, 1.82) is 0 Å². The van der Waals surface area contributed by atoms with Crippen molar-refractivity contribution in [1.82, 2.24) is 5.32 Å². The number of nitrogens with one attached hydrogen (secondary N) is 1. The summed E-state index contributed by atoms with van der Waals surface area (Å²) < 4.78 is 9.66. The molecule has 2 N–H and O–H groups in total. The molecule has 0 saturated carbocycles. The standard InChI is InChI=1S/C12H13NO4/c14-11(9-2-5-16-7-9)1-4-13-12(15)10-3-6-17-8-10/h2-3,5-8,11,14H,1,4H2,(H,13,15)/t11-/m0/s1. The molecule has 0 bridgehead atoms. The van der Waals surface area contributed by atoms with E-state index in [4.69, 9.17) is 8.83 Å². The van der Waals surface area contributed by atoms with Gasteiger partial charge in [-0.1, -0.05) is 0 Å². The molecule has 0 radical (unpaired) electrons. The Labute approximate surface area is 98.0 Å². The van der Waals surface area contributed by atoms with Crippen molar-refractivity contribution < 1.29 is 18.7 Å². The van der Waals surface area contributed by atoms with Gasteiger partial charge >= 0.3 is 0 Å². The van der Waals surface area contributed by atoms with E-state index < -0.39 is 6.10 Å². The molecule has 90 valence electrons. The molecule has 0 aliphatic rings. The fourth-order valence-corrected chi connectivity index (χ4v) is 1.45. The fraction of sp³-hybridized carbons (Fsp3) is 0.250. The van der Waals surface area contributed by atoms with Gasteiger partial charge in [0, 0.05) is 12.1 Å². The van der Waals surface area contributed by atoms with E-state index in [0.29, 0.717) is 24.1 Å². The lowest BCUT2D eigenvalue weighted by Gasteiger charge is -2.08. The van der Waals surface area contributed by atoms with E-state index in [9.17, 15) is 9.90 Å². The quantitative estimate of drug-likeness (QED) is 0.827. The average molecular weight is 235 g/mol. The maximum absolute atomic E-state index is 11.5. The third-order valence-corrected chi connectivity index (χ3v) is 2.41. The Balaban J connectivity index is 1.75. The molecule has 0 unspecified atom stereocenters. The monoisotopic (exact) mass is 235 g/mol. The van der Waals surface area contributed by atoms with E-state index in [-0.39, 0.29) is 5.91 Å². The van der Waals surface area contributed by atoms with Crippen molar-refractivity contribution in [3.05, 3.63) is 48.3 Å². The van der Waals surface area contributed by atoms with E-state index in [1.807, 2.05) is 0 Å². The molecule has 1 amide bonds. The summed E-state index contributed by atoms with van der Waals surface area (Å²) in [5.74, 6) is -0.210. The van der Waals surface area contributed by atoms with Gasteiger partial charge in [0.1, 0.15) is 6.26 Å². The summed E-state index contributed by atoms with van der Waals surface area (Å²) >= 11 is 0. The van der Waals surface area contributed by atoms with Crippen LogP contribution in [0.3, 0.4) is 0 Å². The Morgan fingerprint density at radius 3 is 2.71 bits per heavy atom. The van der Waals surface area contributed by atoms with E-state index in [1.54, 1.807) is 12.1 Å². The number of rotatable bonds is 5. The summed E-state index contributed by atoms with van der Waals surface area (Å²) in [7, 11) is 0. The Morgan fingerprint density at radius 1 is 1.29 bits per heavy atom. The minimum atomic E-state index is -0.626. The van der Waals surface area contributed by atoms with E-state index in [2.05, 4.69) is 5.32 Å². The first-order valence-electron chi connectivity index (χ1n) is 5.28. The van der Waals surface area contributed by atoms with Gasteiger partial charge in [-0.25, -0.2) is 0 Å². The van der Waals surface area contributed by atoms with Crippen molar-refractivity contribution in [2.75, 3.05) is 6.54 Å². The highest BCUT2D eigenvalue weighted by molar-refractivity contribution is 5.93. The lowest BCUT2D eigenvalue weighted by Crippen LogP contribution is -2.25. The lowest BCUT2D eigenvalue weighted by molar-refractivity contribution is 0.0942. The maximum Gasteiger partial charge on any atom is 0.254 e. The molecule has 2 aromatic rings. The lowest BCUT2D eigenvalue weighted by atomic mass is 10.1. The first-order chi connectivity index (χ1) is 8.27. The first-order valence-corrected chi connectivity index (χ1v) is 5.28. The van der Waals surface area contributed by atoms with Gasteiger partial charge in [0.05, 0.1) is 30.5 Å². The van der Waals surface area contributed by atoms with E-state index in [0.717, 1.165) is 0 Å². The van der Waals surface area contributed by atoms with Crippen LogP contribution in [0.15, 0.2) is 46.0 Å². The smallest absolute Gasteiger partial charge is 0.254 e. The van der Waals surface area contributed by atoms with Gasteiger partial charge in [-0.2, -0.15) is 0 Å². The molecule has 0 fully saturated rings. The van der Waals surface area contributed by atoms with Gasteiger partial charge in [-0.15, -0.1) is 0 Å². The van der Waals surface area contributed by atoms with Crippen LogP contribution in [0.5, 0.6) is 0 Å². The Bertz CT molecular complexity index is 447. The second-order valence-corrected chi connectivity index (χ2v) is 3.63. The predicted molar refractivity (Wildman–Crippen MR) is 59.3 cm³/mol. The van der Waals surface area contributed by atoms with Crippen molar-refractivity contribution in [3.8, 4) is 0 Å². The maximum atomic E-state index is 11.5. The van der Waals surface area contributed by atoms with Crippen LogP contribution in [-0.4, -0.2) is 17.6 Å². The molecule has 1 atom stereocenters. The highest BCUT2D eigenvalue weighted by Crippen LogP contribution is 2.15. The number of hydrogen-bond donors (Lipinski definition) is 2. The summed E-state index contributed by atoms with van der Waals surface area (Å²) in [5.41, 5.74) is 1.19. The van der Waals surface area contributed by atoms with E-state index >= 15 is 0 Å². The molecule has 2 rings (SSSR count). The van der Waals surface area contributed by atoms with Crippen molar-refractivity contribution in [2.45, 2.75) is 12.5 Å². The second-order valence-electron chi connectivity index (χ2n) is 3.63. The van der Waals surface area contributed by atoms with Gasteiger partial charge in [0.15, 0.2) is 0 Å². The minimum absolute atomic E-state index is 0.210. The van der Waals surface area contributed by atoms with Crippen molar-refractivity contribution in [3.63, 3.8) is 0 Å². The van der Waals surface area contributed by atoms with Crippen LogP contribution in [0.4, 0.5) is 0 Å². The highest BCUT2D eigenvalue weighted by Gasteiger charge is 2.10. The average Bonchev–Trinajstić information content (AvgIpc) is 3.02. The Kier molecular flexibility index (Phi) is 3.62. The molecule has 0 aliphatic carbocycles. The minimum Gasteiger partial charge on any atom is -0.472 e. The molecule has 0 aliphatic heterocycles. The second kappa shape index (κ2) is 5.36. The molecule has 5 nitrogen and oxygen atoms in total. The molecular formula is C12H13NO4. The van der Waals surface area contributed by atoms with Gasteiger partial charge in [0.2, 0.25) is 0 Å². The topological polar surface area (TPSA) is 75.6 Å². The number of carbonyl (C=O) groups is 1. The number of aliphatic hydroxyl groups excluding tert-OH is 1. The van der Waals surface area contributed by atoms with Crippen LogP contribution in [-0.2, 0) is 0 Å². The molecule has 0 saturated heterocycles. The van der Waals surface area contributed by atoms with Gasteiger partial charge in [0.25, 0.3) is 5.91 Å². The zero-order valence-corrected chi connectivity index (χ0v) is 9.13. The highest BCUT2D eigenvalue weighted by atomic mass is 16.3. The summed E-state index contributed by atoms with van der Waals surface area (Å²) in [6, 6.07) is 3.28. The Morgan fingerprint density at radius 2 is 2.06 bits per heavy atom. The van der Waals surface area contributed by atoms with Crippen LogP contribution in [0.2, 0.25) is 0 Å². The van der Waals surface area contributed by atoms with Gasteiger partial charge in [-0.05, 0) is 18.6 Å². The summed E-state index contributed by atoms with van der Waals surface area (Å²) in [6.45, 7) is 0.385. The van der Waals surface area contributed by atoms with Crippen molar-refractivity contribution >= 4 is 5.91 Å². The molecule has 17 heavy (non-hydrogen) atoms. The number of carbonyl (C=O) groups excluding carboxylic acids is 1. The number of hydrogen-bond acceptors (Lipinski definition) is 4. The third-order valence-electron chi connectivity index (χ3n) is 2.41. The number of amides is 1. The molecule has 2 aromatic heterocycles. The van der Waals surface area contributed by atoms with Crippen LogP contribution in [0.1, 0.15) is 28.4 Å². The van der Waals surface area contributed by atoms with Crippen LogP contribution in [0, 0.1) is 0 Å². The zero-order chi connectivity index (χ0) is 12.1. The first kappa shape index (κ1) is 11.5. The SMILES string of the molecule is O=C(NCC[C@H](O)c1ccoc1)c1ccoc1. The van der Waals surface area contributed by atoms with E-state index in [1.165, 1.54) is 25.1 Å². The number of furan rings is 2. The fourth-order valence-electron chi connectivity index (χ4n) is 1.45. The zero-order valence-electron chi connectivity index (χ0n) is 9.13. The summed E-state index contributed by atoms with van der Waals surface area (Å²) in [5, 5.41) is 12.4. The largest absolute Gasteiger partial charge is 0.472 e. The van der Waals surface area contributed by atoms with Crippen molar-refractivity contribution in [2.24, 2.45) is 0 Å². The third kappa shape index (κ3) is 2.98. The van der Waals surface area contributed by atoms with Crippen LogP contribution < -0.4 is 5.32 Å². The van der Waals surface area contributed by atoms with Crippen LogP contribution in [0.25, 0.3) is 0 Å². The molecule has 0 aromatic carbocycles. The molecule has 2 heterocycles.